The number of carbonyl (C=O) groups is 1. The van der Waals surface area contributed by atoms with Gasteiger partial charge in [-0.15, -0.1) is 0 Å². The lowest BCUT2D eigenvalue weighted by molar-refractivity contribution is -0.117. The molecule has 0 bridgehead atoms. The van der Waals surface area contributed by atoms with Crippen LogP contribution in [0.3, 0.4) is 0 Å². The molecule has 0 atom stereocenters. The lowest BCUT2D eigenvalue weighted by Crippen LogP contribution is -2.49. The maximum Gasteiger partial charge on any atom is 0.227 e. The Kier molecular flexibility index (Phi) is 3.87. The van der Waals surface area contributed by atoms with Crippen molar-refractivity contribution in [2.75, 3.05) is 29.4 Å². The fourth-order valence-electron chi connectivity index (χ4n) is 4.34. The highest BCUT2D eigenvalue weighted by Crippen LogP contribution is 2.33. The first-order chi connectivity index (χ1) is 12.8. The van der Waals surface area contributed by atoms with Gasteiger partial charge in [0.1, 0.15) is 12.1 Å². The van der Waals surface area contributed by atoms with Crippen molar-refractivity contribution in [3.05, 3.63) is 30.0 Å². The molecule has 7 heteroatoms. The zero-order valence-corrected chi connectivity index (χ0v) is 15.0. The molecule has 0 unspecified atom stereocenters. The van der Waals surface area contributed by atoms with E-state index < -0.39 is 0 Å². The van der Waals surface area contributed by atoms with Gasteiger partial charge >= 0.3 is 0 Å². The lowest BCUT2D eigenvalue weighted by Gasteiger charge is -2.41. The Hall–Kier alpha value is -2.44. The summed E-state index contributed by atoms with van der Waals surface area (Å²) in [7, 11) is 0. The first-order valence-corrected chi connectivity index (χ1v) is 9.72. The van der Waals surface area contributed by atoms with Crippen LogP contribution in [0.25, 0.3) is 0 Å². The molecule has 0 aromatic carbocycles. The van der Waals surface area contributed by atoms with Crippen molar-refractivity contribution in [1.29, 1.82) is 0 Å². The number of hydrogen-bond donors (Lipinski definition) is 0. The summed E-state index contributed by atoms with van der Waals surface area (Å²) in [6.45, 7) is 2.64. The molecule has 0 N–H and O–H groups in total. The Balaban J connectivity index is 1.30. The molecule has 2 aromatic heterocycles. The number of aromatic nitrogens is 4. The summed E-state index contributed by atoms with van der Waals surface area (Å²) < 4.78 is 2.01. The Labute approximate surface area is 153 Å². The van der Waals surface area contributed by atoms with Crippen molar-refractivity contribution in [3.63, 3.8) is 0 Å². The number of amides is 1. The summed E-state index contributed by atoms with van der Waals surface area (Å²) in [5.41, 5.74) is 3.53. The van der Waals surface area contributed by atoms with Gasteiger partial charge in [-0.2, -0.15) is 5.10 Å². The predicted octanol–water partition coefficient (Wildman–Crippen LogP) is 2.13. The van der Waals surface area contributed by atoms with E-state index in [0.29, 0.717) is 12.5 Å². The molecule has 0 radical (unpaired) electrons. The van der Waals surface area contributed by atoms with E-state index in [1.54, 1.807) is 6.33 Å². The van der Waals surface area contributed by atoms with Gasteiger partial charge in [-0.3, -0.25) is 9.48 Å². The van der Waals surface area contributed by atoms with Crippen LogP contribution in [0.15, 0.2) is 18.7 Å². The topological polar surface area (TPSA) is 67.2 Å². The van der Waals surface area contributed by atoms with Gasteiger partial charge in [-0.25, -0.2) is 9.97 Å². The molecule has 2 fully saturated rings. The maximum atomic E-state index is 11.9. The highest BCUT2D eigenvalue weighted by Gasteiger charge is 2.33. The Morgan fingerprint density at radius 2 is 1.88 bits per heavy atom. The minimum atomic E-state index is 0.212. The number of fused-ring (bicyclic) bond motifs is 1. The van der Waals surface area contributed by atoms with Gasteiger partial charge in [0.15, 0.2) is 0 Å². The molecule has 0 saturated carbocycles. The molecule has 0 spiro atoms. The molecule has 7 nitrogen and oxygen atoms in total. The summed E-state index contributed by atoms with van der Waals surface area (Å²) in [6.07, 6.45) is 13.1. The Morgan fingerprint density at radius 1 is 1.00 bits per heavy atom. The first-order valence-electron chi connectivity index (χ1n) is 9.72. The first kappa shape index (κ1) is 15.8. The maximum absolute atomic E-state index is 11.9. The number of anilines is 2. The largest absolute Gasteiger partial charge is 0.352 e. The summed E-state index contributed by atoms with van der Waals surface area (Å²) in [5, 5.41) is 4.51. The van der Waals surface area contributed by atoms with E-state index in [4.69, 9.17) is 0 Å². The second-order valence-corrected chi connectivity index (χ2v) is 7.57. The fraction of sp³-hybridized carbons (Fsp3) is 0.579. The smallest absolute Gasteiger partial charge is 0.227 e. The standard InChI is InChI=1S/C19H24N6O/c26-18-7-4-8-24(18)14-9-22-25(12-14)15-10-23(11-15)19-16-5-2-1-3-6-17(16)20-13-21-19/h9,12-13,15H,1-8,10-11H2. The summed E-state index contributed by atoms with van der Waals surface area (Å²) in [5.74, 6) is 1.33. The van der Waals surface area contributed by atoms with Crippen LogP contribution in [0.2, 0.25) is 0 Å². The highest BCUT2D eigenvalue weighted by atomic mass is 16.2. The third-order valence-corrected chi connectivity index (χ3v) is 5.86. The van der Waals surface area contributed by atoms with Crippen LogP contribution >= 0.6 is 0 Å². The molecule has 5 rings (SSSR count). The summed E-state index contributed by atoms with van der Waals surface area (Å²) >= 11 is 0. The van der Waals surface area contributed by atoms with Gasteiger partial charge in [0.2, 0.25) is 5.91 Å². The van der Waals surface area contributed by atoms with Gasteiger partial charge in [0.05, 0.1) is 17.9 Å². The van der Waals surface area contributed by atoms with Crippen LogP contribution in [0.4, 0.5) is 11.5 Å². The molecular weight excluding hydrogens is 328 g/mol. The second-order valence-electron chi connectivity index (χ2n) is 7.57. The third-order valence-electron chi connectivity index (χ3n) is 5.86. The van der Waals surface area contributed by atoms with Gasteiger partial charge < -0.3 is 9.80 Å². The molecule has 1 aliphatic carbocycles. The number of aryl methyl sites for hydroxylation is 1. The molecule has 1 amide bonds. The fourth-order valence-corrected chi connectivity index (χ4v) is 4.34. The molecular formula is C19H24N6O. The number of carbonyl (C=O) groups excluding carboxylic acids is 1. The van der Waals surface area contributed by atoms with E-state index in [1.807, 2.05) is 22.0 Å². The molecule has 2 aromatic rings. The van der Waals surface area contributed by atoms with Crippen LogP contribution in [0.1, 0.15) is 49.4 Å². The van der Waals surface area contributed by atoms with Crippen molar-refractivity contribution >= 4 is 17.4 Å². The van der Waals surface area contributed by atoms with Crippen molar-refractivity contribution < 1.29 is 4.79 Å². The normalized spacial score (nSPS) is 20.8. The van der Waals surface area contributed by atoms with Gasteiger partial charge in [0.25, 0.3) is 0 Å². The zero-order chi connectivity index (χ0) is 17.5. The van der Waals surface area contributed by atoms with E-state index in [-0.39, 0.29) is 5.91 Å². The second kappa shape index (κ2) is 6.37. The quantitative estimate of drug-likeness (QED) is 0.792. The highest BCUT2D eigenvalue weighted by molar-refractivity contribution is 5.95. The zero-order valence-electron chi connectivity index (χ0n) is 15.0. The van der Waals surface area contributed by atoms with Gasteiger partial charge in [-0.05, 0) is 32.1 Å². The number of hydrogen-bond acceptors (Lipinski definition) is 5. The van der Waals surface area contributed by atoms with Crippen molar-refractivity contribution in [2.24, 2.45) is 0 Å². The monoisotopic (exact) mass is 352 g/mol. The summed E-state index contributed by atoms with van der Waals surface area (Å²) in [4.78, 5) is 25.2. The van der Waals surface area contributed by atoms with Crippen LogP contribution in [0.5, 0.6) is 0 Å². The molecule has 136 valence electrons. The molecule has 4 heterocycles. The molecule has 2 aliphatic heterocycles. The van der Waals surface area contributed by atoms with Crippen molar-refractivity contribution in [3.8, 4) is 0 Å². The lowest BCUT2D eigenvalue weighted by atomic mass is 10.0. The van der Waals surface area contributed by atoms with Crippen LogP contribution in [-0.4, -0.2) is 45.3 Å². The Bertz CT molecular complexity index is 825. The number of rotatable bonds is 3. The van der Waals surface area contributed by atoms with Crippen molar-refractivity contribution in [1.82, 2.24) is 19.7 Å². The van der Waals surface area contributed by atoms with Gasteiger partial charge in [0, 0.05) is 43.5 Å². The van der Waals surface area contributed by atoms with E-state index in [1.165, 1.54) is 30.5 Å². The molecule has 2 saturated heterocycles. The minimum absolute atomic E-state index is 0.212. The van der Waals surface area contributed by atoms with E-state index in [9.17, 15) is 4.79 Å². The van der Waals surface area contributed by atoms with E-state index in [2.05, 4.69) is 20.0 Å². The minimum Gasteiger partial charge on any atom is -0.352 e. The van der Waals surface area contributed by atoms with Crippen LogP contribution in [-0.2, 0) is 17.6 Å². The average molecular weight is 352 g/mol. The van der Waals surface area contributed by atoms with Gasteiger partial charge in [-0.1, -0.05) is 6.42 Å². The molecule has 3 aliphatic rings. The molecule has 26 heavy (non-hydrogen) atoms. The average Bonchev–Trinajstić information content (AvgIpc) is 3.16. The van der Waals surface area contributed by atoms with Crippen LogP contribution in [0, 0.1) is 0 Å². The van der Waals surface area contributed by atoms with E-state index in [0.717, 1.165) is 50.4 Å². The third kappa shape index (κ3) is 2.66. The predicted molar refractivity (Wildman–Crippen MR) is 98.4 cm³/mol. The van der Waals surface area contributed by atoms with Crippen LogP contribution < -0.4 is 9.80 Å². The number of nitrogens with zero attached hydrogens (tertiary/aromatic N) is 6. The van der Waals surface area contributed by atoms with E-state index >= 15 is 0 Å². The SMILES string of the molecule is O=C1CCCN1c1cnn(C2CN(c3ncnc4c3CCCCC4)C2)c1. The summed E-state index contributed by atoms with van der Waals surface area (Å²) in [6, 6.07) is 0.345. The van der Waals surface area contributed by atoms with Crippen molar-refractivity contribution in [2.45, 2.75) is 51.0 Å². The Morgan fingerprint density at radius 3 is 2.73 bits per heavy atom.